The molecule has 188 valence electrons. The standard InChI is InChI=1S/C30H34N2O4/c1-5-19-35-21-17-31(7-3)25-13-9-23(10-14-25)27-29(33)28(30(27)34)24-11-15-26(16-12-24)32(8-4)18-22-36-20-6-2/h1-2,9-16,25,33H,7-8,17-22H2,3-4H3. The molecule has 0 heterocycles. The van der Waals surface area contributed by atoms with E-state index < -0.39 is 0 Å². The second-order valence-electron chi connectivity index (χ2n) is 8.36. The number of allylic oxidation sites excluding steroid dienone is 5. The molecule has 1 aromatic rings. The van der Waals surface area contributed by atoms with Gasteiger partial charge in [0.05, 0.1) is 24.4 Å². The Labute approximate surface area is 214 Å². The first-order valence-electron chi connectivity index (χ1n) is 12.3. The summed E-state index contributed by atoms with van der Waals surface area (Å²) < 4.78 is 10.8. The molecule has 0 aromatic heterocycles. The van der Waals surface area contributed by atoms with Gasteiger partial charge in [-0.2, -0.15) is 0 Å². The smallest absolute Gasteiger partial charge is 0.201 e. The van der Waals surface area contributed by atoms with Gasteiger partial charge in [-0.25, -0.2) is 0 Å². The predicted octanol–water partition coefficient (Wildman–Crippen LogP) is 3.78. The van der Waals surface area contributed by atoms with E-state index in [0.717, 1.165) is 30.9 Å². The highest BCUT2D eigenvalue weighted by atomic mass is 16.5. The molecule has 1 aromatic carbocycles. The molecule has 0 fully saturated rings. The van der Waals surface area contributed by atoms with Gasteiger partial charge in [-0.1, -0.05) is 55.2 Å². The van der Waals surface area contributed by atoms with Crippen molar-refractivity contribution in [1.29, 1.82) is 0 Å². The van der Waals surface area contributed by atoms with Crippen LogP contribution in [0.5, 0.6) is 0 Å². The average Bonchev–Trinajstić information content (AvgIpc) is 2.90. The number of hydrogen-bond acceptors (Lipinski definition) is 6. The monoisotopic (exact) mass is 486 g/mol. The molecular formula is C30H34N2O4. The number of terminal acetylenes is 2. The normalized spacial score (nSPS) is 16.8. The number of ketones is 1. The Balaban J connectivity index is 1.67. The molecule has 0 radical (unpaired) electrons. The number of carbonyl (C=O) groups excluding carboxylic acids is 1. The third kappa shape index (κ3) is 6.36. The fourth-order valence-electron chi connectivity index (χ4n) is 4.32. The highest BCUT2D eigenvalue weighted by molar-refractivity contribution is 6.39. The number of carbonyl (C=O) groups is 1. The first-order valence-corrected chi connectivity index (χ1v) is 12.3. The number of hydrogen-bond donors (Lipinski definition) is 1. The number of likely N-dealkylation sites (N-methyl/N-ethyl adjacent to an activating group) is 2. The van der Waals surface area contributed by atoms with Gasteiger partial charge >= 0.3 is 0 Å². The van der Waals surface area contributed by atoms with Gasteiger partial charge in [0.15, 0.2) is 0 Å². The lowest BCUT2D eigenvalue weighted by Crippen LogP contribution is -2.36. The molecule has 0 bridgehead atoms. The summed E-state index contributed by atoms with van der Waals surface area (Å²) in [6, 6.07) is 7.75. The van der Waals surface area contributed by atoms with Gasteiger partial charge in [0, 0.05) is 31.4 Å². The second kappa shape index (κ2) is 13.5. The fraction of sp³-hybridized carbons (Fsp3) is 0.367. The number of aliphatic hydroxyl groups is 1. The summed E-state index contributed by atoms with van der Waals surface area (Å²) in [7, 11) is 0. The van der Waals surface area contributed by atoms with Crippen LogP contribution in [0.3, 0.4) is 0 Å². The van der Waals surface area contributed by atoms with Crippen LogP contribution in [0.4, 0.5) is 5.69 Å². The molecule has 0 amide bonds. The molecule has 3 rings (SSSR count). The zero-order valence-corrected chi connectivity index (χ0v) is 21.1. The van der Waals surface area contributed by atoms with Gasteiger partial charge in [-0.05, 0) is 36.7 Å². The molecule has 36 heavy (non-hydrogen) atoms. The van der Waals surface area contributed by atoms with E-state index in [-0.39, 0.29) is 17.6 Å². The van der Waals surface area contributed by atoms with Crippen LogP contribution in [0.2, 0.25) is 0 Å². The van der Waals surface area contributed by atoms with Gasteiger partial charge < -0.3 is 19.5 Å². The summed E-state index contributed by atoms with van der Waals surface area (Å²) in [5.41, 5.74) is 3.16. The molecule has 6 nitrogen and oxygen atoms in total. The molecule has 0 saturated heterocycles. The van der Waals surface area contributed by atoms with E-state index in [2.05, 4.69) is 35.5 Å². The van der Waals surface area contributed by atoms with Gasteiger partial charge in [-0.3, -0.25) is 9.69 Å². The van der Waals surface area contributed by atoms with Crippen molar-refractivity contribution in [2.75, 3.05) is 57.5 Å². The van der Waals surface area contributed by atoms with Crippen LogP contribution in [-0.4, -0.2) is 74.4 Å². The third-order valence-electron chi connectivity index (χ3n) is 6.29. The summed E-state index contributed by atoms with van der Waals surface area (Å²) in [5, 5.41) is 10.8. The van der Waals surface area contributed by atoms with E-state index >= 15 is 0 Å². The van der Waals surface area contributed by atoms with Crippen molar-refractivity contribution >= 4 is 17.0 Å². The number of aliphatic hydroxyl groups excluding tert-OH is 1. The molecule has 0 aliphatic heterocycles. The quantitative estimate of drug-likeness (QED) is 0.260. The lowest BCUT2D eigenvalue weighted by molar-refractivity contribution is -0.111. The van der Waals surface area contributed by atoms with E-state index in [4.69, 9.17) is 22.3 Å². The number of nitrogens with zero attached hydrogens (tertiary/aromatic N) is 2. The molecule has 0 unspecified atom stereocenters. The van der Waals surface area contributed by atoms with Crippen molar-refractivity contribution in [2.24, 2.45) is 0 Å². The van der Waals surface area contributed by atoms with Gasteiger partial charge in [0.25, 0.3) is 0 Å². The number of Topliss-reactive ketones (excluding diaryl/α,β-unsaturated/α-hetero) is 1. The maximum absolute atomic E-state index is 13.0. The topological polar surface area (TPSA) is 62.2 Å². The summed E-state index contributed by atoms with van der Waals surface area (Å²) in [4.78, 5) is 17.4. The van der Waals surface area contributed by atoms with Gasteiger partial charge in [0.1, 0.15) is 19.0 Å². The summed E-state index contributed by atoms with van der Waals surface area (Å²) in [6.07, 6.45) is 18.3. The van der Waals surface area contributed by atoms with Crippen molar-refractivity contribution in [3.8, 4) is 24.7 Å². The number of benzene rings is 1. The third-order valence-corrected chi connectivity index (χ3v) is 6.29. The van der Waals surface area contributed by atoms with Gasteiger partial charge in [-0.15, -0.1) is 12.8 Å². The zero-order chi connectivity index (χ0) is 25.9. The highest BCUT2D eigenvalue weighted by Crippen LogP contribution is 2.39. The SMILES string of the molecule is C#CCOCCN(CC)c1ccc(C2=C(O)C(=C3C=CC(N(CC)CCOCC#C)C=C3)C2=O)cc1. The maximum atomic E-state index is 13.0. The molecule has 6 heteroatoms. The maximum Gasteiger partial charge on any atom is 0.201 e. The molecule has 0 atom stereocenters. The molecule has 0 saturated carbocycles. The molecule has 2 aliphatic rings. The predicted molar refractivity (Wildman–Crippen MR) is 145 cm³/mol. The first-order chi connectivity index (χ1) is 17.5. The second-order valence-corrected chi connectivity index (χ2v) is 8.36. The largest absolute Gasteiger partial charge is 0.506 e. The van der Waals surface area contributed by atoms with Crippen molar-refractivity contribution < 1.29 is 19.4 Å². The van der Waals surface area contributed by atoms with E-state index in [9.17, 15) is 9.90 Å². The van der Waals surface area contributed by atoms with E-state index in [1.54, 1.807) is 0 Å². The minimum Gasteiger partial charge on any atom is -0.506 e. The Morgan fingerprint density at radius 3 is 2.06 bits per heavy atom. The number of ether oxygens (including phenoxy) is 2. The van der Waals surface area contributed by atoms with Crippen LogP contribution in [-0.2, 0) is 14.3 Å². The van der Waals surface area contributed by atoms with E-state index in [0.29, 0.717) is 49.7 Å². The minimum atomic E-state index is -0.145. The number of rotatable bonds is 13. The van der Waals surface area contributed by atoms with Crippen molar-refractivity contribution in [3.05, 3.63) is 71.0 Å². The van der Waals surface area contributed by atoms with E-state index in [1.165, 1.54) is 0 Å². The summed E-state index contributed by atoms with van der Waals surface area (Å²) in [6.45, 7) is 9.00. The molecule has 1 N–H and O–H groups in total. The van der Waals surface area contributed by atoms with Gasteiger partial charge in [0.2, 0.25) is 5.78 Å². The summed E-state index contributed by atoms with van der Waals surface area (Å²) in [5.74, 6) is 4.83. The van der Waals surface area contributed by atoms with Crippen LogP contribution < -0.4 is 4.90 Å². The van der Waals surface area contributed by atoms with Crippen LogP contribution in [0.15, 0.2) is 65.5 Å². The van der Waals surface area contributed by atoms with Crippen molar-refractivity contribution in [1.82, 2.24) is 4.90 Å². The van der Waals surface area contributed by atoms with Crippen LogP contribution in [0, 0.1) is 24.7 Å². The lowest BCUT2D eigenvalue weighted by atomic mass is 9.80. The zero-order valence-electron chi connectivity index (χ0n) is 21.1. The van der Waals surface area contributed by atoms with Crippen LogP contribution in [0.1, 0.15) is 19.4 Å². The fourth-order valence-corrected chi connectivity index (χ4v) is 4.32. The lowest BCUT2D eigenvalue weighted by Gasteiger charge is -2.29. The first kappa shape index (κ1) is 27.0. The van der Waals surface area contributed by atoms with E-state index in [1.807, 2.05) is 48.6 Å². The Morgan fingerprint density at radius 2 is 1.53 bits per heavy atom. The molecule has 2 aliphatic carbocycles. The average molecular weight is 487 g/mol. The highest BCUT2D eigenvalue weighted by Gasteiger charge is 2.36. The Morgan fingerprint density at radius 1 is 0.917 bits per heavy atom. The van der Waals surface area contributed by atoms with Crippen molar-refractivity contribution in [2.45, 2.75) is 19.9 Å². The summed E-state index contributed by atoms with van der Waals surface area (Å²) >= 11 is 0. The molecular weight excluding hydrogens is 452 g/mol. The molecule has 0 spiro atoms. The van der Waals surface area contributed by atoms with Crippen LogP contribution >= 0.6 is 0 Å². The minimum absolute atomic E-state index is 0.0422. The van der Waals surface area contributed by atoms with Crippen molar-refractivity contribution in [3.63, 3.8) is 0 Å². The Hall–Kier alpha value is -3.55. The van der Waals surface area contributed by atoms with Crippen LogP contribution in [0.25, 0.3) is 5.57 Å². The Bertz CT molecular complexity index is 1110. The Kier molecular flexibility index (Phi) is 10.2. The number of anilines is 1.